The summed E-state index contributed by atoms with van der Waals surface area (Å²) in [5, 5.41) is 12.3. The average molecular weight is 216 g/mol. The van der Waals surface area contributed by atoms with E-state index in [1.54, 1.807) is 0 Å². The highest BCUT2D eigenvalue weighted by atomic mass is 16.5. The van der Waals surface area contributed by atoms with E-state index in [1.165, 1.54) is 5.56 Å². The molecule has 1 aliphatic heterocycles. The Labute approximate surface area is 96.0 Å². The van der Waals surface area contributed by atoms with E-state index in [-0.39, 0.29) is 5.92 Å². The first-order chi connectivity index (χ1) is 7.85. The lowest BCUT2D eigenvalue weighted by molar-refractivity contribution is 0.339. The lowest BCUT2D eigenvalue weighted by Crippen LogP contribution is -2.08. The average Bonchev–Trinajstić information content (AvgIpc) is 2.78. The van der Waals surface area contributed by atoms with Crippen LogP contribution in [0, 0.1) is 17.2 Å². The van der Waals surface area contributed by atoms with Gasteiger partial charge in [0.25, 0.3) is 0 Å². The molecular weight excluding hydrogens is 200 g/mol. The first-order valence-electron chi connectivity index (χ1n) is 5.68. The van der Waals surface area contributed by atoms with E-state index >= 15 is 0 Å². The first-order valence-corrected chi connectivity index (χ1v) is 5.68. The number of benzene rings is 1. The summed E-state index contributed by atoms with van der Waals surface area (Å²) in [4.78, 5) is 0. The molecule has 0 spiro atoms. The van der Waals surface area contributed by atoms with Gasteiger partial charge in [-0.3, -0.25) is 0 Å². The van der Waals surface area contributed by atoms with Crippen LogP contribution >= 0.6 is 0 Å². The molecule has 1 heterocycles. The van der Waals surface area contributed by atoms with Gasteiger partial charge in [-0.2, -0.15) is 5.26 Å². The molecule has 1 fully saturated rings. The van der Waals surface area contributed by atoms with Crippen LogP contribution in [0.15, 0.2) is 24.3 Å². The highest BCUT2D eigenvalue weighted by Crippen LogP contribution is 2.29. The van der Waals surface area contributed by atoms with Crippen molar-refractivity contribution in [2.45, 2.75) is 12.8 Å². The summed E-state index contributed by atoms with van der Waals surface area (Å²) in [5.74, 6) is 1.27. The van der Waals surface area contributed by atoms with E-state index < -0.39 is 0 Å². The molecule has 1 aromatic carbocycles. The van der Waals surface area contributed by atoms with Crippen LogP contribution in [0.1, 0.15) is 18.4 Å². The minimum atomic E-state index is 0.0804. The Morgan fingerprint density at radius 1 is 1.50 bits per heavy atom. The maximum atomic E-state index is 9.05. The van der Waals surface area contributed by atoms with Crippen molar-refractivity contribution >= 4 is 0 Å². The Morgan fingerprint density at radius 2 is 2.38 bits per heavy atom. The SMILES string of the molecule is CCOc1cccc([C@H]2CNC[C@@H]2C#N)c1. The third kappa shape index (κ3) is 2.17. The van der Waals surface area contributed by atoms with Crippen molar-refractivity contribution in [3.63, 3.8) is 0 Å². The van der Waals surface area contributed by atoms with E-state index in [0.717, 1.165) is 18.8 Å². The Morgan fingerprint density at radius 3 is 3.12 bits per heavy atom. The second-order valence-corrected chi connectivity index (χ2v) is 4.01. The molecule has 3 heteroatoms. The van der Waals surface area contributed by atoms with Crippen LogP contribution in [0.2, 0.25) is 0 Å². The maximum Gasteiger partial charge on any atom is 0.119 e. The van der Waals surface area contributed by atoms with Crippen molar-refractivity contribution in [3.8, 4) is 11.8 Å². The maximum absolute atomic E-state index is 9.05. The Hall–Kier alpha value is -1.53. The van der Waals surface area contributed by atoms with Crippen molar-refractivity contribution < 1.29 is 4.74 Å². The van der Waals surface area contributed by atoms with E-state index in [0.29, 0.717) is 12.5 Å². The zero-order valence-corrected chi connectivity index (χ0v) is 9.44. The molecule has 1 N–H and O–H groups in total. The van der Waals surface area contributed by atoms with Crippen molar-refractivity contribution in [3.05, 3.63) is 29.8 Å². The van der Waals surface area contributed by atoms with Gasteiger partial charge in [0.1, 0.15) is 5.75 Å². The fraction of sp³-hybridized carbons (Fsp3) is 0.462. The van der Waals surface area contributed by atoms with Crippen LogP contribution in [0.4, 0.5) is 0 Å². The Bertz CT molecular complexity index is 397. The fourth-order valence-electron chi connectivity index (χ4n) is 2.17. The van der Waals surface area contributed by atoms with Crippen LogP contribution in [0.25, 0.3) is 0 Å². The van der Waals surface area contributed by atoms with Crippen molar-refractivity contribution in [1.29, 1.82) is 5.26 Å². The molecule has 0 radical (unpaired) electrons. The van der Waals surface area contributed by atoms with Gasteiger partial charge >= 0.3 is 0 Å². The number of ether oxygens (including phenoxy) is 1. The molecule has 0 bridgehead atoms. The van der Waals surface area contributed by atoms with E-state index in [4.69, 9.17) is 10.00 Å². The van der Waals surface area contributed by atoms with E-state index in [9.17, 15) is 0 Å². The van der Waals surface area contributed by atoms with Gasteiger partial charge in [0.2, 0.25) is 0 Å². The van der Waals surface area contributed by atoms with Gasteiger partial charge < -0.3 is 10.1 Å². The standard InChI is InChI=1S/C13H16N2O/c1-2-16-12-5-3-4-10(6-12)13-9-15-8-11(13)7-14/h3-6,11,13,15H,2,8-9H2,1H3/t11-,13+/m0/s1. The monoisotopic (exact) mass is 216 g/mol. The molecule has 0 aliphatic carbocycles. The number of rotatable bonds is 3. The molecule has 16 heavy (non-hydrogen) atoms. The van der Waals surface area contributed by atoms with Gasteiger partial charge in [-0.25, -0.2) is 0 Å². The third-order valence-corrected chi connectivity index (χ3v) is 2.98. The second kappa shape index (κ2) is 5.00. The molecule has 84 valence electrons. The van der Waals surface area contributed by atoms with Crippen molar-refractivity contribution in [1.82, 2.24) is 5.32 Å². The van der Waals surface area contributed by atoms with Gasteiger partial charge in [-0.05, 0) is 24.6 Å². The largest absolute Gasteiger partial charge is 0.494 e. The fourth-order valence-corrected chi connectivity index (χ4v) is 2.17. The van der Waals surface area contributed by atoms with Crippen molar-refractivity contribution in [2.24, 2.45) is 5.92 Å². The van der Waals surface area contributed by atoms with Gasteiger partial charge in [-0.1, -0.05) is 12.1 Å². The number of hydrogen-bond donors (Lipinski definition) is 1. The molecule has 0 amide bonds. The molecule has 1 aromatic rings. The summed E-state index contributed by atoms with van der Waals surface area (Å²) >= 11 is 0. The minimum Gasteiger partial charge on any atom is -0.494 e. The van der Waals surface area contributed by atoms with Crippen LogP contribution in [0.3, 0.4) is 0 Å². The van der Waals surface area contributed by atoms with Gasteiger partial charge in [-0.15, -0.1) is 0 Å². The van der Waals surface area contributed by atoms with E-state index in [1.807, 2.05) is 25.1 Å². The molecule has 0 unspecified atom stereocenters. The van der Waals surface area contributed by atoms with Crippen LogP contribution < -0.4 is 10.1 Å². The summed E-state index contributed by atoms with van der Waals surface area (Å²) in [6.45, 7) is 4.32. The van der Waals surface area contributed by atoms with Crippen molar-refractivity contribution in [2.75, 3.05) is 19.7 Å². The molecule has 1 aliphatic rings. The zero-order chi connectivity index (χ0) is 11.4. The highest BCUT2D eigenvalue weighted by molar-refractivity contribution is 5.33. The molecule has 0 saturated carbocycles. The lowest BCUT2D eigenvalue weighted by Gasteiger charge is -2.13. The molecular formula is C13H16N2O. The van der Waals surface area contributed by atoms with Crippen LogP contribution in [-0.4, -0.2) is 19.7 Å². The number of nitrogens with zero attached hydrogens (tertiary/aromatic N) is 1. The molecule has 3 nitrogen and oxygen atoms in total. The smallest absolute Gasteiger partial charge is 0.119 e. The summed E-state index contributed by atoms with van der Waals surface area (Å²) in [6, 6.07) is 10.4. The minimum absolute atomic E-state index is 0.0804. The summed E-state index contributed by atoms with van der Waals surface area (Å²) in [6.07, 6.45) is 0. The summed E-state index contributed by atoms with van der Waals surface area (Å²) < 4.78 is 5.47. The number of nitriles is 1. The normalized spacial score (nSPS) is 24.0. The Balaban J connectivity index is 2.20. The van der Waals surface area contributed by atoms with Gasteiger partial charge in [0.15, 0.2) is 0 Å². The molecule has 2 atom stereocenters. The summed E-state index contributed by atoms with van der Waals surface area (Å²) in [5.41, 5.74) is 1.20. The molecule has 0 aromatic heterocycles. The second-order valence-electron chi connectivity index (χ2n) is 4.01. The highest BCUT2D eigenvalue weighted by Gasteiger charge is 2.28. The zero-order valence-electron chi connectivity index (χ0n) is 9.44. The Kier molecular flexibility index (Phi) is 3.43. The van der Waals surface area contributed by atoms with Gasteiger partial charge in [0.05, 0.1) is 18.6 Å². The predicted octanol–water partition coefficient (Wildman–Crippen LogP) is 1.91. The topological polar surface area (TPSA) is 45.0 Å². The van der Waals surface area contributed by atoms with Crippen LogP contribution in [0.5, 0.6) is 5.75 Å². The van der Waals surface area contributed by atoms with Crippen LogP contribution in [-0.2, 0) is 0 Å². The van der Waals surface area contributed by atoms with E-state index in [2.05, 4.69) is 17.5 Å². The molecule has 2 rings (SSSR count). The summed E-state index contributed by atoms with van der Waals surface area (Å²) in [7, 11) is 0. The molecule has 1 saturated heterocycles. The van der Waals surface area contributed by atoms with Gasteiger partial charge in [0, 0.05) is 19.0 Å². The third-order valence-electron chi connectivity index (χ3n) is 2.98. The lowest BCUT2D eigenvalue weighted by atomic mass is 9.90. The number of hydrogen-bond acceptors (Lipinski definition) is 3. The quantitative estimate of drug-likeness (QED) is 0.839. The first kappa shape index (κ1) is 11.0. The predicted molar refractivity (Wildman–Crippen MR) is 62.3 cm³/mol. The number of nitrogens with one attached hydrogen (secondary N) is 1.